The van der Waals surface area contributed by atoms with E-state index in [2.05, 4.69) is 13.8 Å². The van der Waals surface area contributed by atoms with Crippen molar-refractivity contribution in [2.75, 3.05) is 33.4 Å². The molecule has 9 atom stereocenters. The van der Waals surface area contributed by atoms with E-state index in [1.165, 1.54) is 11.9 Å². The van der Waals surface area contributed by atoms with Crippen molar-refractivity contribution in [3.05, 3.63) is 0 Å². The van der Waals surface area contributed by atoms with Gasteiger partial charge in [0.1, 0.15) is 48.8 Å². The van der Waals surface area contributed by atoms with Crippen molar-refractivity contribution < 1.29 is 60.2 Å². The Morgan fingerprint density at radius 1 is 0.825 bits per heavy atom. The number of ether oxygens (including phenoxy) is 2. The number of hydrogen-bond acceptors (Lipinski definition) is 12. The molecule has 0 unspecified atom stereocenters. The van der Waals surface area contributed by atoms with Crippen LogP contribution in [0, 0.1) is 0 Å². The highest BCUT2D eigenvalue weighted by atomic mass is 16.7. The predicted octanol–water partition coefficient (Wildman–Crippen LogP) is -1.38. The fraction of sp³-hybridized carbons (Fsp3) is 0.963. The normalized spacial score (nSPS) is 25.9. The molecule has 0 aromatic carbocycles. The zero-order valence-electron chi connectivity index (χ0n) is 24.3. The van der Waals surface area contributed by atoms with Crippen molar-refractivity contribution in [3.63, 3.8) is 0 Å². The van der Waals surface area contributed by atoms with E-state index in [-0.39, 0.29) is 12.5 Å². The van der Waals surface area contributed by atoms with E-state index in [0.29, 0.717) is 13.0 Å². The predicted molar refractivity (Wildman–Crippen MR) is 146 cm³/mol. The third-order valence-corrected chi connectivity index (χ3v) is 6.86. The zero-order valence-corrected chi connectivity index (χ0v) is 24.3. The minimum absolute atomic E-state index is 0.139. The van der Waals surface area contributed by atoms with Gasteiger partial charge in [-0.2, -0.15) is 0 Å². The first kappa shape index (κ1) is 39.0. The van der Waals surface area contributed by atoms with Gasteiger partial charge < -0.3 is 60.3 Å². The molecule has 0 spiro atoms. The van der Waals surface area contributed by atoms with Crippen LogP contribution >= 0.6 is 0 Å². The summed E-state index contributed by atoms with van der Waals surface area (Å²) in [6.07, 6.45) is -2.38. The molecule has 1 aliphatic rings. The smallest absolute Gasteiger partial charge is 0.222 e. The van der Waals surface area contributed by atoms with Crippen LogP contribution in [0.3, 0.4) is 0 Å². The average Bonchev–Trinajstić information content (AvgIpc) is 2.94. The number of unbranched alkanes of at least 4 members (excludes halogenated alkanes) is 7. The summed E-state index contributed by atoms with van der Waals surface area (Å²) in [7, 11) is 1.51. The first-order valence-corrected chi connectivity index (χ1v) is 14.5. The summed E-state index contributed by atoms with van der Waals surface area (Å²) >= 11 is 0. The second kappa shape index (κ2) is 22.6. The van der Waals surface area contributed by atoms with Gasteiger partial charge in [-0.15, -0.1) is 0 Å². The highest BCUT2D eigenvalue weighted by Gasteiger charge is 2.44. The largest absolute Gasteiger partial charge is 0.394 e. The Kier molecular flexibility index (Phi) is 22.1. The van der Waals surface area contributed by atoms with Crippen molar-refractivity contribution in [1.82, 2.24) is 4.90 Å². The molecule has 0 saturated carbocycles. The van der Waals surface area contributed by atoms with E-state index in [9.17, 15) is 40.5 Å². The van der Waals surface area contributed by atoms with Crippen molar-refractivity contribution in [2.24, 2.45) is 0 Å². The maximum absolute atomic E-state index is 11.9. The number of hydrogen-bond donors (Lipinski definition) is 9. The molecule has 9 N–H and O–H groups in total. The number of amides is 1. The summed E-state index contributed by atoms with van der Waals surface area (Å²) < 4.78 is 10.3. The summed E-state index contributed by atoms with van der Waals surface area (Å²) in [6.45, 7) is 3.29. The van der Waals surface area contributed by atoms with Crippen molar-refractivity contribution >= 4 is 5.91 Å². The molecule has 1 aliphatic heterocycles. The lowest BCUT2D eigenvalue weighted by atomic mass is 9.99. The van der Waals surface area contributed by atoms with Gasteiger partial charge >= 0.3 is 0 Å². The molecular weight excluding hydrogens is 530 g/mol. The average molecular weight is 586 g/mol. The van der Waals surface area contributed by atoms with Crippen LogP contribution in [-0.4, -0.2) is 145 Å². The van der Waals surface area contributed by atoms with Gasteiger partial charge in [-0.1, -0.05) is 58.8 Å². The lowest BCUT2D eigenvalue weighted by molar-refractivity contribution is -0.296. The topological polar surface area (TPSA) is 221 Å². The lowest BCUT2D eigenvalue weighted by Gasteiger charge is -2.39. The van der Waals surface area contributed by atoms with Crippen molar-refractivity contribution in [2.45, 2.75) is 133 Å². The minimum atomic E-state index is -1.67. The van der Waals surface area contributed by atoms with Crippen LogP contribution in [0.2, 0.25) is 0 Å². The Balaban J connectivity index is 0.000000774. The number of aliphatic hydroxyl groups is 9. The molecule has 40 heavy (non-hydrogen) atoms. The SMILES string of the molecule is CCCCCCCC(=O)N(C)C[C@H](O)[C@@H](O)[C@H](O)[C@H](O)CO.CCCCCCO[C@@H]1[C@@H](O)[C@H](O)[C@@H](CO)O[C@H]1O. The molecule has 240 valence electrons. The molecule has 0 bridgehead atoms. The monoisotopic (exact) mass is 585 g/mol. The summed E-state index contributed by atoms with van der Waals surface area (Å²) in [5.74, 6) is -0.139. The Morgan fingerprint density at radius 2 is 1.38 bits per heavy atom. The molecule has 13 heteroatoms. The highest BCUT2D eigenvalue weighted by molar-refractivity contribution is 5.75. The van der Waals surface area contributed by atoms with Crippen LogP contribution in [0.15, 0.2) is 0 Å². The summed E-state index contributed by atoms with van der Waals surface area (Å²) in [5, 5.41) is 84.9. The number of likely N-dealkylation sites (N-methyl/N-ethyl adjacent to an activating group) is 1. The molecule has 0 radical (unpaired) electrons. The molecule has 1 saturated heterocycles. The second-order valence-electron chi connectivity index (χ2n) is 10.4. The first-order chi connectivity index (χ1) is 19.0. The Bertz CT molecular complexity index is 630. The van der Waals surface area contributed by atoms with Gasteiger partial charge in [-0.3, -0.25) is 4.79 Å². The van der Waals surface area contributed by atoms with Crippen molar-refractivity contribution in [1.29, 1.82) is 0 Å². The summed E-state index contributed by atoms with van der Waals surface area (Å²) in [6, 6.07) is 0. The quantitative estimate of drug-likeness (QED) is 0.0801. The summed E-state index contributed by atoms with van der Waals surface area (Å²) in [4.78, 5) is 13.2. The highest BCUT2D eigenvalue weighted by Crippen LogP contribution is 2.22. The number of nitrogens with zero attached hydrogens (tertiary/aromatic N) is 1. The molecule has 1 fully saturated rings. The van der Waals surface area contributed by atoms with Gasteiger partial charge in [0.15, 0.2) is 6.29 Å². The summed E-state index contributed by atoms with van der Waals surface area (Å²) in [5.41, 5.74) is 0. The van der Waals surface area contributed by atoms with Gasteiger partial charge in [0.2, 0.25) is 5.91 Å². The molecule has 1 amide bonds. The maximum atomic E-state index is 11.9. The minimum Gasteiger partial charge on any atom is -0.394 e. The van der Waals surface area contributed by atoms with Gasteiger partial charge in [-0.25, -0.2) is 0 Å². The zero-order chi connectivity index (χ0) is 30.7. The van der Waals surface area contributed by atoms with Gasteiger partial charge in [-0.05, 0) is 12.8 Å². The molecule has 1 rings (SSSR count). The number of carbonyl (C=O) groups excluding carboxylic acids is 1. The third kappa shape index (κ3) is 14.8. The van der Waals surface area contributed by atoms with Crippen LogP contribution in [0.5, 0.6) is 0 Å². The third-order valence-electron chi connectivity index (χ3n) is 6.86. The van der Waals surface area contributed by atoms with E-state index in [0.717, 1.165) is 57.8 Å². The van der Waals surface area contributed by atoms with Gasteiger partial charge in [0, 0.05) is 26.6 Å². The van der Waals surface area contributed by atoms with Gasteiger partial charge in [0.05, 0.1) is 13.2 Å². The lowest BCUT2D eigenvalue weighted by Crippen LogP contribution is -2.59. The Labute approximate surface area is 238 Å². The molecule has 1 heterocycles. The Morgan fingerprint density at radius 3 is 1.93 bits per heavy atom. The van der Waals surface area contributed by atoms with E-state index in [1.807, 2.05) is 0 Å². The van der Waals surface area contributed by atoms with Crippen LogP contribution in [-0.2, 0) is 14.3 Å². The molecule has 0 aliphatic carbocycles. The van der Waals surface area contributed by atoms with E-state index >= 15 is 0 Å². The fourth-order valence-corrected chi connectivity index (χ4v) is 4.12. The molecular formula is C27H55NO12. The fourth-order valence-electron chi connectivity index (χ4n) is 4.12. The van der Waals surface area contributed by atoms with Crippen LogP contribution in [0.4, 0.5) is 0 Å². The molecule has 13 nitrogen and oxygen atoms in total. The van der Waals surface area contributed by atoms with Crippen LogP contribution in [0.1, 0.15) is 78.1 Å². The standard InChI is InChI=1S/C15H31NO6.C12H24O6/c1-3-4-5-6-7-8-13(20)16(2)9-11(18)14(21)15(22)12(19)10-17;1-2-3-4-5-6-17-11-10(15)9(14)8(7-13)18-12(11)16/h11-12,14-15,17-19,21-22H,3-10H2,1-2H3;8-16H,2-7H2,1H3/t11-,12+,14+,15+;8-,9-,10+,11-,12-/m01/s1. The van der Waals surface area contributed by atoms with Crippen molar-refractivity contribution in [3.8, 4) is 0 Å². The second-order valence-corrected chi connectivity index (χ2v) is 10.4. The van der Waals surface area contributed by atoms with E-state index in [4.69, 9.17) is 19.7 Å². The first-order valence-electron chi connectivity index (χ1n) is 14.5. The van der Waals surface area contributed by atoms with Crippen LogP contribution < -0.4 is 0 Å². The maximum Gasteiger partial charge on any atom is 0.222 e. The van der Waals surface area contributed by atoms with E-state index in [1.54, 1.807) is 0 Å². The Hall–Kier alpha value is -0.970. The number of carbonyl (C=O) groups is 1. The van der Waals surface area contributed by atoms with Crippen LogP contribution in [0.25, 0.3) is 0 Å². The molecule has 0 aromatic heterocycles. The number of rotatable bonds is 19. The van der Waals surface area contributed by atoms with E-state index < -0.39 is 68.3 Å². The van der Waals surface area contributed by atoms with Gasteiger partial charge in [0.25, 0.3) is 0 Å². The molecule has 0 aromatic rings. The number of aliphatic hydroxyl groups excluding tert-OH is 9.